The zero-order chi connectivity index (χ0) is 21.7. The lowest BCUT2D eigenvalue weighted by atomic mass is 10.1. The van der Waals surface area contributed by atoms with Crippen molar-refractivity contribution in [1.29, 1.82) is 0 Å². The van der Waals surface area contributed by atoms with Crippen molar-refractivity contribution in [2.45, 2.75) is 6.18 Å². The maximum atomic E-state index is 13.0. The maximum Gasteiger partial charge on any atom is 0.416 e. The van der Waals surface area contributed by atoms with Crippen LogP contribution in [0.25, 0.3) is 0 Å². The molecule has 0 aromatic heterocycles. The lowest BCUT2D eigenvalue weighted by Crippen LogP contribution is -2.16. The van der Waals surface area contributed by atoms with Gasteiger partial charge >= 0.3 is 6.18 Å². The quantitative estimate of drug-likeness (QED) is 0.624. The number of sulfonamides is 1. The molecule has 0 spiro atoms. The Balaban J connectivity index is 2.30. The predicted octanol–water partition coefficient (Wildman–Crippen LogP) is 3.35. The number of anilines is 2. The highest BCUT2D eigenvalue weighted by atomic mass is 32.2. The van der Waals surface area contributed by atoms with Crippen molar-refractivity contribution in [2.24, 2.45) is 0 Å². The number of alkyl halides is 3. The minimum Gasteiger partial charge on any atom is -0.489 e. The van der Waals surface area contributed by atoms with Gasteiger partial charge in [0.15, 0.2) is 0 Å². The normalized spacial score (nSPS) is 11.8. The number of amides is 1. The number of carbonyl (C=O) groups excluding carboxylic acids is 1. The van der Waals surface area contributed by atoms with E-state index in [4.69, 9.17) is 9.47 Å². The van der Waals surface area contributed by atoms with Gasteiger partial charge in [-0.1, -0.05) is 6.07 Å². The molecule has 0 fully saturated rings. The van der Waals surface area contributed by atoms with Crippen LogP contribution in [0, 0.1) is 0 Å². The molecule has 29 heavy (non-hydrogen) atoms. The zero-order valence-electron chi connectivity index (χ0n) is 15.5. The molecule has 0 aliphatic heterocycles. The smallest absolute Gasteiger partial charge is 0.416 e. The number of nitrogens with one attached hydrogen (secondary N) is 2. The van der Waals surface area contributed by atoms with Gasteiger partial charge in [0.1, 0.15) is 12.4 Å². The summed E-state index contributed by atoms with van der Waals surface area (Å²) < 4.78 is 74.2. The number of methoxy groups -OCH3 is 1. The summed E-state index contributed by atoms with van der Waals surface area (Å²) >= 11 is 0. The average Bonchev–Trinajstić information content (AvgIpc) is 2.61. The van der Waals surface area contributed by atoms with Gasteiger partial charge in [0.25, 0.3) is 5.91 Å². The van der Waals surface area contributed by atoms with E-state index in [-0.39, 0.29) is 35.9 Å². The molecular weight excluding hydrogens is 413 g/mol. The van der Waals surface area contributed by atoms with Crippen LogP contribution >= 0.6 is 0 Å². The minimum absolute atomic E-state index is 0.0359. The van der Waals surface area contributed by atoms with Crippen LogP contribution < -0.4 is 14.8 Å². The summed E-state index contributed by atoms with van der Waals surface area (Å²) in [6, 6.07) is 8.23. The topological polar surface area (TPSA) is 93.7 Å². The highest BCUT2D eigenvalue weighted by Gasteiger charge is 2.31. The van der Waals surface area contributed by atoms with Crippen LogP contribution in [-0.4, -0.2) is 40.9 Å². The molecule has 0 aliphatic carbocycles. The third-order valence-corrected chi connectivity index (χ3v) is 4.13. The Morgan fingerprint density at radius 1 is 1.10 bits per heavy atom. The fourth-order valence-electron chi connectivity index (χ4n) is 2.30. The second kappa shape index (κ2) is 9.14. The Labute approximate surface area is 165 Å². The Kier molecular flexibility index (Phi) is 7.09. The molecule has 0 aliphatic rings. The van der Waals surface area contributed by atoms with Gasteiger partial charge in [-0.05, 0) is 36.4 Å². The lowest BCUT2D eigenvalue weighted by Gasteiger charge is -2.15. The second-order valence-corrected chi connectivity index (χ2v) is 7.71. The van der Waals surface area contributed by atoms with E-state index in [0.717, 1.165) is 24.5 Å². The van der Waals surface area contributed by atoms with Gasteiger partial charge in [0.05, 0.1) is 24.1 Å². The highest BCUT2D eigenvalue weighted by Crippen LogP contribution is 2.35. The molecule has 0 saturated heterocycles. The van der Waals surface area contributed by atoms with Crippen LogP contribution in [0.2, 0.25) is 0 Å². The third kappa shape index (κ3) is 6.95. The molecule has 0 unspecified atom stereocenters. The predicted molar refractivity (Wildman–Crippen MR) is 102 cm³/mol. The molecule has 0 bridgehead atoms. The summed E-state index contributed by atoms with van der Waals surface area (Å²) in [5.74, 6) is -0.702. The van der Waals surface area contributed by atoms with Crippen LogP contribution in [-0.2, 0) is 20.9 Å². The SMILES string of the molecule is COCCOc1ccc(C(F)(F)F)cc1NC(=O)c1cccc(NS(C)(=O)=O)c1. The molecule has 2 rings (SSSR count). The first-order valence-corrected chi connectivity index (χ1v) is 10.1. The average molecular weight is 432 g/mol. The van der Waals surface area contributed by atoms with Crippen molar-refractivity contribution in [3.8, 4) is 5.75 Å². The van der Waals surface area contributed by atoms with Gasteiger partial charge in [-0.2, -0.15) is 13.2 Å². The zero-order valence-corrected chi connectivity index (χ0v) is 16.4. The van der Waals surface area contributed by atoms with E-state index >= 15 is 0 Å². The standard InChI is InChI=1S/C18H19F3N2O5S/c1-27-8-9-28-16-7-6-13(18(19,20)21)11-15(16)22-17(24)12-4-3-5-14(10-12)23-29(2,25)26/h3-7,10-11,23H,8-9H2,1-2H3,(H,22,24). The van der Waals surface area contributed by atoms with Crippen LogP contribution in [0.15, 0.2) is 42.5 Å². The van der Waals surface area contributed by atoms with Crippen molar-refractivity contribution in [1.82, 2.24) is 0 Å². The lowest BCUT2D eigenvalue weighted by molar-refractivity contribution is -0.137. The van der Waals surface area contributed by atoms with Crippen LogP contribution in [0.3, 0.4) is 0 Å². The summed E-state index contributed by atoms with van der Waals surface area (Å²) in [4.78, 5) is 12.5. The first-order valence-electron chi connectivity index (χ1n) is 8.22. The molecule has 11 heteroatoms. The maximum absolute atomic E-state index is 13.0. The Morgan fingerprint density at radius 3 is 2.45 bits per heavy atom. The van der Waals surface area contributed by atoms with Gasteiger partial charge in [0, 0.05) is 18.4 Å². The monoisotopic (exact) mass is 432 g/mol. The fraction of sp³-hybridized carbons (Fsp3) is 0.278. The van der Waals surface area contributed by atoms with E-state index in [1.165, 1.54) is 31.4 Å². The second-order valence-electron chi connectivity index (χ2n) is 5.96. The van der Waals surface area contributed by atoms with Crippen molar-refractivity contribution in [3.05, 3.63) is 53.6 Å². The van der Waals surface area contributed by atoms with Gasteiger partial charge in [0.2, 0.25) is 10.0 Å². The van der Waals surface area contributed by atoms with Crippen LogP contribution in [0.1, 0.15) is 15.9 Å². The minimum atomic E-state index is -4.61. The van der Waals surface area contributed by atoms with Gasteiger partial charge in [-0.3, -0.25) is 9.52 Å². The first kappa shape index (κ1) is 22.5. The van der Waals surface area contributed by atoms with E-state index in [0.29, 0.717) is 0 Å². The summed E-state index contributed by atoms with van der Waals surface area (Å²) in [6.45, 7) is 0.270. The molecule has 2 aromatic carbocycles. The Bertz CT molecular complexity index is 978. The Morgan fingerprint density at radius 2 is 1.83 bits per heavy atom. The van der Waals surface area contributed by atoms with Gasteiger partial charge < -0.3 is 14.8 Å². The number of halogens is 3. The molecule has 2 N–H and O–H groups in total. The van der Waals surface area contributed by atoms with Gasteiger partial charge in [-0.15, -0.1) is 0 Å². The molecule has 158 valence electrons. The molecule has 7 nitrogen and oxygen atoms in total. The molecule has 0 saturated carbocycles. The number of benzene rings is 2. The van der Waals surface area contributed by atoms with Crippen LogP contribution in [0.4, 0.5) is 24.5 Å². The number of ether oxygens (including phenoxy) is 2. The Hall–Kier alpha value is -2.79. The molecular formula is C18H19F3N2O5S. The van der Waals surface area contributed by atoms with Crippen molar-refractivity contribution in [3.63, 3.8) is 0 Å². The highest BCUT2D eigenvalue weighted by molar-refractivity contribution is 7.92. The number of hydrogen-bond acceptors (Lipinski definition) is 5. The number of rotatable bonds is 8. The summed E-state index contributed by atoms with van der Waals surface area (Å²) in [7, 11) is -2.12. The van der Waals surface area contributed by atoms with Crippen molar-refractivity contribution in [2.75, 3.05) is 36.6 Å². The van der Waals surface area contributed by atoms with E-state index in [1.807, 2.05) is 0 Å². The van der Waals surface area contributed by atoms with Crippen LogP contribution in [0.5, 0.6) is 5.75 Å². The fourth-order valence-corrected chi connectivity index (χ4v) is 2.85. The first-order chi connectivity index (χ1) is 13.5. The van der Waals surface area contributed by atoms with Crippen molar-refractivity contribution < 1.29 is 35.9 Å². The third-order valence-electron chi connectivity index (χ3n) is 3.53. The molecule has 2 aromatic rings. The van der Waals surface area contributed by atoms with E-state index in [2.05, 4.69) is 10.0 Å². The molecule has 0 heterocycles. The molecule has 1 amide bonds. The van der Waals surface area contributed by atoms with E-state index in [1.54, 1.807) is 0 Å². The summed E-state index contributed by atoms with van der Waals surface area (Å²) in [5, 5.41) is 2.37. The van der Waals surface area contributed by atoms with E-state index < -0.39 is 27.7 Å². The van der Waals surface area contributed by atoms with E-state index in [9.17, 15) is 26.4 Å². The van der Waals surface area contributed by atoms with Crippen molar-refractivity contribution >= 4 is 27.3 Å². The number of carbonyl (C=O) groups is 1. The molecule has 0 atom stereocenters. The number of hydrogen-bond donors (Lipinski definition) is 2. The largest absolute Gasteiger partial charge is 0.489 e. The molecule has 0 radical (unpaired) electrons. The van der Waals surface area contributed by atoms with Gasteiger partial charge in [-0.25, -0.2) is 8.42 Å². The summed E-state index contributed by atoms with van der Waals surface area (Å²) in [6.07, 6.45) is -3.66. The summed E-state index contributed by atoms with van der Waals surface area (Å²) in [5.41, 5.74) is -0.957.